The molecule has 0 aromatic rings. The third-order valence-corrected chi connectivity index (χ3v) is 1.97. The van der Waals surface area contributed by atoms with E-state index in [9.17, 15) is 18.0 Å². The Hall–Kier alpha value is -0.780. The van der Waals surface area contributed by atoms with E-state index in [4.69, 9.17) is 4.74 Å². The van der Waals surface area contributed by atoms with Crippen molar-refractivity contribution < 1.29 is 22.7 Å². The molecule has 0 radical (unpaired) electrons. The fourth-order valence-corrected chi connectivity index (χ4v) is 0.889. The van der Waals surface area contributed by atoms with E-state index >= 15 is 0 Å². The maximum atomic E-state index is 12.0. The zero-order valence-corrected chi connectivity index (χ0v) is 9.23. The lowest BCUT2D eigenvalue weighted by Gasteiger charge is -2.24. The van der Waals surface area contributed by atoms with E-state index in [0.717, 1.165) is 0 Å². The summed E-state index contributed by atoms with van der Waals surface area (Å²) in [4.78, 5) is 11.4. The molecule has 1 amide bonds. The first-order valence-corrected chi connectivity index (χ1v) is 4.51. The third kappa shape index (κ3) is 5.61. The number of amides is 1. The van der Waals surface area contributed by atoms with Crippen LogP contribution < -0.4 is 5.32 Å². The average Bonchev–Trinajstić information content (AvgIpc) is 2.00. The molecule has 0 aromatic carbocycles. The quantitative estimate of drug-likeness (QED) is 0.796. The lowest BCUT2D eigenvalue weighted by molar-refractivity contribution is -0.148. The zero-order valence-electron chi connectivity index (χ0n) is 9.23. The molecule has 0 aliphatic rings. The van der Waals surface area contributed by atoms with E-state index in [1.807, 2.05) is 0 Å². The topological polar surface area (TPSA) is 38.3 Å². The molecule has 15 heavy (non-hydrogen) atoms. The Labute approximate surface area is 87.0 Å². The molecule has 0 spiro atoms. The summed E-state index contributed by atoms with van der Waals surface area (Å²) in [5, 5.41) is 2.24. The standard InChI is InChI=1S/C9H16F3NO2/c1-6(5-9(10,11)12)13-7(14)8(2,3)15-4/h6H,5H2,1-4H3,(H,13,14). The third-order valence-electron chi connectivity index (χ3n) is 1.97. The van der Waals surface area contributed by atoms with Crippen molar-refractivity contribution in [1.29, 1.82) is 0 Å². The normalized spacial score (nSPS) is 14.9. The van der Waals surface area contributed by atoms with Crippen LogP contribution in [0.2, 0.25) is 0 Å². The van der Waals surface area contributed by atoms with Gasteiger partial charge in [0.25, 0.3) is 5.91 Å². The van der Waals surface area contributed by atoms with Crippen molar-refractivity contribution in [3.05, 3.63) is 0 Å². The fraction of sp³-hybridized carbons (Fsp3) is 0.889. The van der Waals surface area contributed by atoms with Crippen molar-refractivity contribution in [2.45, 2.75) is 45.0 Å². The number of methoxy groups -OCH3 is 1. The molecule has 0 aliphatic heterocycles. The first-order valence-electron chi connectivity index (χ1n) is 4.51. The van der Waals surface area contributed by atoms with E-state index < -0.39 is 30.1 Å². The number of hydrogen-bond acceptors (Lipinski definition) is 2. The van der Waals surface area contributed by atoms with Crippen LogP contribution in [0.5, 0.6) is 0 Å². The maximum absolute atomic E-state index is 12.0. The van der Waals surface area contributed by atoms with Crippen LogP contribution in [0.4, 0.5) is 13.2 Å². The SMILES string of the molecule is COC(C)(C)C(=O)NC(C)CC(F)(F)F. The molecule has 6 heteroatoms. The van der Waals surface area contributed by atoms with Gasteiger partial charge in [-0.3, -0.25) is 4.79 Å². The fourth-order valence-electron chi connectivity index (χ4n) is 0.889. The van der Waals surface area contributed by atoms with Crippen LogP contribution in [0.1, 0.15) is 27.2 Å². The van der Waals surface area contributed by atoms with E-state index in [1.54, 1.807) is 0 Å². The van der Waals surface area contributed by atoms with E-state index in [-0.39, 0.29) is 0 Å². The predicted octanol–water partition coefficient (Wildman–Crippen LogP) is 1.87. The number of carbonyl (C=O) groups excluding carboxylic acids is 1. The second kappa shape index (κ2) is 4.83. The minimum atomic E-state index is -4.27. The number of hydrogen-bond donors (Lipinski definition) is 1. The maximum Gasteiger partial charge on any atom is 0.391 e. The van der Waals surface area contributed by atoms with Crippen LogP contribution in [0.25, 0.3) is 0 Å². The Bertz CT molecular complexity index is 226. The first kappa shape index (κ1) is 14.2. The Kier molecular flexibility index (Phi) is 4.58. The highest BCUT2D eigenvalue weighted by molar-refractivity contribution is 5.84. The Morgan fingerprint density at radius 2 is 1.87 bits per heavy atom. The molecule has 3 nitrogen and oxygen atoms in total. The molecule has 90 valence electrons. The summed E-state index contributed by atoms with van der Waals surface area (Å²) in [6, 6.07) is -0.952. The van der Waals surface area contributed by atoms with Crippen LogP contribution in [-0.2, 0) is 9.53 Å². The van der Waals surface area contributed by atoms with Crippen molar-refractivity contribution in [2.24, 2.45) is 0 Å². The second-order valence-corrected chi connectivity index (χ2v) is 3.91. The molecular weight excluding hydrogens is 211 g/mol. The van der Waals surface area contributed by atoms with Gasteiger partial charge in [-0.2, -0.15) is 13.2 Å². The van der Waals surface area contributed by atoms with Gasteiger partial charge in [-0.15, -0.1) is 0 Å². The minimum absolute atomic E-state index is 0.554. The van der Waals surface area contributed by atoms with E-state index in [0.29, 0.717) is 0 Å². The molecule has 1 unspecified atom stereocenters. The van der Waals surface area contributed by atoms with Crippen molar-refractivity contribution >= 4 is 5.91 Å². The summed E-state index contributed by atoms with van der Waals surface area (Å²) >= 11 is 0. The van der Waals surface area contributed by atoms with Crippen molar-refractivity contribution in [3.8, 4) is 0 Å². The predicted molar refractivity (Wildman–Crippen MR) is 49.4 cm³/mol. The molecule has 0 bridgehead atoms. The van der Waals surface area contributed by atoms with Crippen molar-refractivity contribution in [1.82, 2.24) is 5.32 Å². The highest BCUT2D eigenvalue weighted by Crippen LogP contribution is 2.21. The van der Waals surface area contributed by atoms with Gasteiger partial charge >= 0.3 is 6.18 Å². The molecule has 0 saturated heterocycles. The minimum Gasteiger partial charge on any atom is -0.369 e. The lowest BCUT2D eigenvalue weighted by Crippen LogP contribution is -2.47. The highest BCUT2D eigenvalue weighted by Gasteiger charge is 2.33. The number of carbonyl (C=O) groups is 1. The van der Waals surface area contributed by atoms with Gasteiger partial charge in [-0.1, -0.05) is 0 Å². The molecule has 0 aromatic heterocycles. The van der Waals surface area contributed by atoms with E-state index in [2.05, 4.69) is 5.32 Å². The van der Waals surface area contributed by atoms with Crippen molar-refractivity contribution in [3.63, 3.8) is 0 Å². The summed E-state index contributed by atoms with van der Waals surface area (Å²) in [6.07, 6.45) is -5.32. The second-order valence-electron chi connectivity index (χ2n) is 3.91. The number of ether oxygens (including phenoxy) is 1. The van der Waals surface area contributed by atoms with Gasteiger partial charge < -0.3 is 10.1 Å². The number of halogens is 3. The van der Waals surface area contributed by atoms with Crippen LogP contribution in [-0.4, -0.2) is 30.8 Å². The molecule has 0 fully saturated rings. The van der Waals surface area contributed by atoms with Gasteiger partial charge in [0.2, 0.25) is 0 Å². The van der Waals surface area contributed by atoms with Gasteiger partial charge in [-0.25, -0.2) is 0 Å². The average molecular weight is 227 g/mol. The van der Waals surface area contributed by atoms with Crippen LogP contribution in [0.15, 0.2) is 0 Å². The molecule has 1 N–H and O–H groups in total. The van der Waals surface area contributed by atoms with Gasteiger partial charge in [0.15, 0.2) is 0 Å². The molecule has 0 saturated carbocycles. The summed E-state index contributed by atoms with van der Waals surface area (Å²) in [7, 11) is 1.33. The van der Waals surface area contributed by atoms with Gasteiger partial charge in [-0.05, 0) is 20.8 Å². The highest BCUT2D eigenvalue weighted by atomic mass is 19.4. The molecular formula is C9H16F3NO2. The lowest BCUT2D eigenvalue weighted by atomic mass is 10.1. The number of nitrogens with one attached hydrogen (secondary N) is 1. The molecule has 0 heterocycles. The van der Waals surface area contributed by atoms with Gasteiger partial charge in [0, 0.05) is 13.2 Å². The first-order chi connectivity index (χ1) is 6.58. The largest absolute Gasteiger partial charge is 0.391 e. The van der Waals surface area contributed by atoms with Gasteiger partial charge in [0.05, 0.1) is 6.42 Å². The molecule has 0 aliphatic carbocycles. The smallest absolute Gasteiger partial charge is 0.369 e. The molecule has 1 atom stereocenters. The number of rotatable bonds is 4. The van der Waals surface area contributed by atoms with Gasteiger partial charge in [0.1, 0.15) is 5.60 Å². The number of alkyl halides is 3. The van der Waals surface area contributed by atoms with Crippen LogP contribution in [0.3, 0.4) is 0 Å². The summed E-state index contributed by atoms with van der Waals surface area (Å²) in [6.45, 7) is 4.28. The Morgan fingerprint density at radius 1 is 1.40 bits per heavy atom. The molecule has 0 rings (SSSR count). The zero-order chi connectivity index (χ0) is 12.3. The summed E-state index contributed by atoms with van der Waals surface area (Å²) in [5.41, 5.74) is -1.11. The summed E-state index contributed by atoms with van der Waals surface area (Å²) in [5.74, 6) is -0.554. The Morgan fingerprint density at radius 3 is 2.20 bits per heavy atom. The van der Waals surface area contributed by atoms with E-state index in [1.165, 1.54) is 27.9 Å². The summed E-state index contributed by atoms with van der Waals surface area (Å²) < 4.78 is 40.7. The van der Waals surface area contributed by atoms with Crippen LogP contribution >= 0.6 is 0 Å². The Balaban J connectivity index is 4.20. The van der Waals surface area contributed by atoms with Crippen LogP contribution in [0, 0.1) is 0 Å². The monoisotopic (exact) mass is 227 g/mol. The van der Waals surface area contributed by atoms with Crippen molar-refractivity contribution in [2.75, 3.05) is 7.11 Å².